The zero-order valence-corrected chi connectivity index (χ0v) is 20.4. The highest BCUT2D eigenvalue weighted by molar-refractivity contribution is 6.08. The summed E-state index contributed by atoms with van der Waals surface area (Å²) in [7, 11) is 3.29. The summed E-state index contributed by atoms with van der Waals surface area (Å²) in [6.07, 6.45) is 3.22. The zero-order chi connectivity index (χ0) is 25.3. The first kappa shape index (κ1) is 23.7. The highest BCUT2D eigenvalue weighted by Crippen LogP contribution is 2.30. The van der Waals surface area contributed by atoms with Gasteiger partial charge in [0.1, 0.15) is 11.3 Å². The summed E-state index contributed by atoms with van der Waals surface area (Å²) in [5.41, 5.74) is 2.15. The van der Waals surface area contributed by atoms with Crippen molar-refractivity contribution in [2.45, 2.75) is 43.8 Å². The van der Waals surface area contributed by atoms with Crippen LogP contribution in [0.3, 0.4) is 0 Å². The lowest BCUT2D eigenvalue weighted by Crippen LogP contribution is -2.55. The molecule has 0 radical (unpaired) electrons. The average molecular weight is 491 g/mol. The number of anilines is 1. The largest absolute Gasteiger partial charge is 0.497 e. The number of aliphatic imine (C=N–C) groups is 1. The van der Waals surface area contributed by atoms with Crippen LogP contribution in [0, 0.1) is 0 Å². The lowest BCUT2D eigenvalue weighted by Gasteiger charge is -2.31. The Labute approximate surface area is 209 Å². The van der Waals surface area contributed by atoms with Crippen LogP contribution < -0.4 is 26.0 Å². The number of methoxy groups -OCH3 is 1. The second kappa shape index (κ2) is 9.52. The molecule has 36 heavy (non-hydrogen) atoms. The highest BCUT2D eigenvalue weighted by Gasteiger charge is 2.48. The zero-order valence-electron chi connectivity index (χ0n) is 20.4. The molecule has 188 valence electrons. The molecule has 4 amide bonds. The lowest BCUT2D eigenvalue weighted by atomic mass is 9.90. The third-order valence-corrected chi connectivity index (χ3v) is 6.87. The summed E-state index contributed by atoms with van der Waals surface area (Å²) >= 11 is 0. The van der Waals surface area contributed by atoms with Gasteiger partial charge in [-0.2, -0.15) is 0 Å². The number of ether oxygens (including phenoxy) is 1. The van der Waals surface area contributed by atoms with Crippen LogP contribution in [0.25, 0.3) is 0 Å². The monoisotopic (exact) mass is 490 g/mol. The van der Waals surface area contributed by atoms with E-state index in [-0.39, 0.29) is 12.5 Å². The number of nitrogens with one attached hydrogen (secondary N) is 4. The van der Waals surface area contributed by atoms with E-state index in [0.717, 1.165) is 35.6 Å². The Morgan fingerprint density at radius 1 is 1.17 bits per heavy atom. The molecule has 1 unspecified atom stereocenters. The van der Waals surface area contributed by atoms with Crippen LogP contribution in [-0.4, -0.2) is 61.0 Å². The summed E-state index contributed by atoms with van der Waals surface area (Å²) in [5.74, 6) is 0.746. The molecule has 5 rings (SSSR count). The van der Waals surface area contributed by atoms with Crippen molar-refractivity contribution in [3.63, 3.8) is 0 Å². The van der Waals surface area contributed by atoms with Crippen molar-refractivity contribution < 1.29 is 19.1 Å². The van der Waals surface area contributed by atoms with Crippen LogP contribution in [-0.2, 0) is 17.8 Å². The Balaban J connectivity index is 1.26. The molecular weight excluding hydrogens is 460 g/mol. The smallest absolute Gasteiger partial charge is 0.322 e. The second-order valence-corrected chi connectivity index (χ2v) is 9.49. The number of benzene rings is 2. The maximum Gasteiger partial charge on any atom is 0.322 e. The van der Waals surface area contributed by atoms with Gasteiger partial charge >= 0.3 is 6.03 Å². The van der Waals surface area contributed by atoms with Crippen LogP contribution in [0.1, 0.15) is 40.7 Å². The van der Waals surface area contributed by atoms with Crippen molar-refractivity contribution in [3.05, 3.63) is 59.2 Å². The molecule has 0 bridgehead atoms. The van der Waals surface area contributed by atoms with E-state index in [2.05, 4.69) is 26.3 Å². The van der Waals surface area contributed by atoms with Gasteiger partial charge in [0.05, 0.1) is 13.7 Å². The van der Waals surface area contributed by atoms with Gasteiger partial charge < -0.3 is 25.6 Å². The summed E-state index contributed by atoms with van der Waals surface area (Å²) in [5, 5.41) is 11.8. The van der Waals surface area contributed by atoms with Crippen LogP contribution in [0.5, 0.6) is 5.75 Å². The second-order valence-electron chi connectivity index (χ2n) is 9.49. The number of carbonyl (C=O) groups is 3. The predicted molar refractivity (Wildman–Crippen MR) is 135 cm³/mol. The molecule has 1 saturated heterocycles. The van der Waals surface area contributed by atoms with E-state index in [0.29, 0.717) is 36.7 Å². The van der Waals surface area contributed by atoms with Crippen molar-refractivity contribution >= 4 is 29.5 Å². The summed E-state index contributed by atoms with van der Waals surface area (Å²) in [4.78, 5) is 44.0. The van der Waals surface area contributed by atoms with E-state index in [1.165, 1.54) is 0 Å². The van der Waals surface area contributed by atoms with Crippen molar-refractivity contribution in [2.75, 3.05) is 26.0 Å². The Bertz CT molecular complexity index is 1220. The molecule has 2 fully saturated rings. The molecule has 10 heteroatoms. The SMILES string of the molecule is CN=C(Nc1ccc(CCC2(CN3Cc4ccc(OC)cc4C3=O)NC(=O)NC2=O)cc1)NC1CC1. The molecule has 2 aromatic rings. The van der Waals surface area contributed by atoms with Gasteiger partial charge in [0.25, 0.3) is 11.8 Å². The molecular formula is C26H30N6O4. The van der Waals surface area contributed by atoms with Gasteiger partial charge in [0, 0.05) is 30.9 Å². The molecule has 1 saturated carbocycles. The number of fused-ring (bicyclic) bond motifs is 1. The molecule has 0 spiro atoms. The van der Waals surface area contributed by atoms with Gasteiger partial charge in [0.2, 0.25) is 0 Å². The average Bonchev–Trinajstić information content (AvgIpc) is 3.59. The quantitative estimate of drug-likeness (QED) is 0.255. The number of imide groups is 1. The van der Waals surface area contributed by atoms with Gasteiger partial charge in [-0.3, -0.25) is 19.9 Å². The van der Waals surface area contributed by atoms with E-state index in [1.807, 2.05) is 36.4 Å². The van der Waals surface area contributed by atoms with E-state index < -0.39 is 17.5 Å². The van der Waals surface area contributed by atoms with Gasteiger partial charge in [-0.25, -0.2) is 4.79 Å². The summed E-state index contributed by atoms with van der Waals surface area (Å²) in [6.45, 7) is 0.461. The molecule has 1 aliphatic carbocycles. The number of rotatable bonds is 8. The van der Waals surface area contributed by atoms with Crippen LogP contribution >= 0.6 is 0 Å². The number of aryl methyl sites for hydroxylation is 1. The molecule has 4 N–H and O–H groups in total. The fourth-order valence-electron chi connectivity index (χ4n) is 4.64. The minimum absolute atomic E-state index is 0.0865. The van der Waals surface area contributed by atoms with Crippen molar-refractivity contribution in [1.82, 2.24) is 20.9 Å². The Hall–Kier alpha value is -4.08. The predicted octanol–water partition coefficient (Wildman–Crippen LogP) is 2.01. The highest BCUT2D eigenvalue weighted by atomic mass is 16.5. The Morgan fingerprint density at radius 3 is 2.58 bits per heavy atom. The molecule has 3 aliphatic rings. The molecule has 2 heterocycles. The van der Waals surface area contributed by atoms with Gasteiger partial charge in [-0.15, -0.1) is 0 Å². The standard InChI is InChI=1S/C26H30N6O4/c1-27-24(29-19-8-9-19)28-18-6-3-16(4-7-18)11-12-26(23(34)30-25(35)31-26)15-32-14-17-5-10-20(36-2)13-21(17)22(32)33/h3-7,10,13,19H,8-9,11-12,14-15H2,1-2H3,(H2,27,28,29)(H2,30,31,34,35). The number of guanidine groups is 1. The van der Waals surface area contributed by atoms with Crippen LogP contribution in [0.15, 0.2) is 47.5 Å². The molecule has 1 atom stereocenters. The number of nitrogens with zero attached hydrogens (tertiary/aromatic N) is 2. The molecule has 2 aliphatic heterocycles. The number of hydrogen-bond donors (Lipinski definition) is 4. The third kappa shape index (κ3) is 4.84. The van der Waals surface area contributed by atoms with Crippen LogP contribution in [0.2, 0.25) is 0 Å². The fourth-order valence-corrected chi connectivity index (χ4v) is 4.64. The number of amides is 4. The third-order valence-electron chi connectivity index (χ3n) is 6.87. The Kier molecular flexibility index (Phi) is 6.26. The number of urea groups is 1. The van der Waals surface area contributed by atoms with Crippen LogP contribution in [0.4, 0.5) is 10.5 Å². The van der Waals surface area contributed by atoms with E-state index >= 15 is 0 Å². The first-order chi connectivity index (χ1) is 17.4. The minimum atomic E-state index is -1.20. The van der Waals surface area contributed by atoms with E-state index in [4.69, 9.17) is 4.74 Å². The van der Waals surface area contributed by atoms with E-state index in [1.54, 1.807) is 25.1 Å². The minimum Gasteiger partial charge on any atom is -0.497 e. The lowest BCUT2D eigenvalue weighted by molar-refractivity contribution is -0.124. The Morgan fingerprint density at radius 2 is 1.94 bits per heavy atom. The van der Waals surface area contributed by atoms with Crippen molar-refractivity contribution in [3.8, 4) is 5.75 Å². The van der Waals surface area contributed by atoms with Crippen molar-refractivity contribution in [1.29, 1.82) is 0 Å². The normalized spacial score (nSPS) is 21.2. The maximum absolute atomic E-state index is 13.1. The summed E-state index contributed by atoms with van der Waals surface area (Å²) < 4.78 is 5.24. The number of carbonyl (C=O) groups excluding carboxylic acids is 3. The van der Waals surface area contributed by atoms with E-state index in [9.17, 15) is 14.4 Å². The van der Waals surface area contributed by atoms with Crippen molar-refractivity contribution in [2.24, 2.45) is 4.99 Å². The maximum atomic E-state index is 13.1. The number of hydrogen-bond acceptors (Lipinski definition) is 5. The van der Waals surface area contributed by atoms with Gasteiger partial charge in [0.15, 0.2) is 5.96 Å². The summed E-state index contributed by atoms with van der Waals surface area (Å²) in [6, 6.07) is 13.2. The van der Waals surface area contributed by atoms with Gasteiger partial charge in [-0.1, -0.05) is 18.2 Å². The molecule has 0 aromatic heterocycles. The fraction of sp³-hybridized carbons (Fsp3) is 0.385. The topological polar surface area (TPSA) is 124 Å². The van der Waals surface area contributed by atoms with Gasteiger partial charge in [-0.05, 0) is 61.1 Å². The first-order valence-electron chi connectivity index (χ1n) is 12.1. The molecule has 10 nitrogen and oxygen atoms in total. The first-order valence-corrected chi connectivity index (χ1v) is 12.1. The molecule has 2 aromatic carbocycles.